The van der Waals surface area contributed by atoms with Crippen LogP contribution in [0.3, 0.4) is 0 Å². The lowest BCUT2D eigenvalue weighted by atomic mass is 9.96. The van der Waals surface area contributed by atoms with Crippen LogP contribution in [0.2, 0.25) is 0 Å². The van der Waals surface area contributed by atoms with Gasteiger partial charge in [-0.05, 0) is 54.2 Å². The summed E-state index contributed by atoms with van der Waals surface area (Å²) < 4.78 is 13.7. The number of nitrogens with zero attached hydrogens (tertiary/aromatic N) is 3. The first-order chi connectivity index (χ1) is 16.8. The van der Waals surface area contributed by atoms with E-state index in [0.717, 1.165) is 52.9 Å². The Morgan fingerprint density at radius 1 is 1.20 bits per heavy atom. The Kier molecular flexibility index (Phi) is 5.95. The topological polar surface area (TPSA) is 88.0 Å². The van der Waals surface area contributed by atoms with Crippen LogP contribution in [0.15, 0.2) is 60.6 Å². The number of aromatic nitrogens is 1. The molecule has 35 heavy (non-hydrogen) atoms. The minimum Gasteiger partial charge on any atom is -0.383 e. The van der Waals surface area contributed by atoms with E-state index in [0.29, 0.717) is 11.6 Å². The first-order valence-electron chi connectivity index (χ1n) is 11.9. The van der Waals surface area contributed by atoms with Gasteiger partial charge in [0, 0.05) is 36.1 Å². The molecule has 3 aromatic rings. The standard InChI is InChI=1S/C27H30FN7/c1-27(2,3)16-31-25-18(13-29)14-30-23-11-8-20(12-22(23)25)32-26(17-4-6-19(28)7-5-17)24-15-35(34-33-24)21-9-10-21/h4-8,11-12,14-15,21,26,32-34H,9-10,16H2,1-3H3,(H,30,31). The van der Waals surface area contributed by atoms with E-state index in [4.69, 9.17) is 0 Å². The lowest BCUT2D eigenvalue weighted by molar-refractivity contribution is 0.260. The SMILES string of the molecule is CC(C)(C)CNc1c(C#N)cnc2ccc(NC(C3=CN(C4CC4)NN3)c3ccc(F)cc3)cc12. The number of benzene rings is 2. The predicted molar refractivity (Wildman–Crippen MR) is 136 cm³/mol. The van der Waals surface area contributed by atoms with Gasteiger partial charge < -0.3 is 16.1 Å². The van der Waals surface area contributed by atoms with Gasteiger partial charge >= 0.3 is 0 Å². The Balaban J connectivity index is 1.51. The second kappa shape index (κ2) is 9.08. The summed E-state index contributed by atoms with van der Waals surface area (Å²) in [5.41, 5.74) is 11.4. The molecular formula is C27H30FN7. The minimum atomic E-state index is -0.269. The summed E-state index contributed by atoms with van der Waals surface area (Å²) in [5.74, 6) is -0.269. The molecule has 1 unspecified atom stereocenters. The Morgan fingerprint density at radius 2 is 1.97 bits per heavy atom. The number of hydrazine groups is 2. The van der Waals surface area contributed by atoms with Crippen molar-refractivity contribution < 1.29 is 4.39 Å². The van der Waals surface area contributed by atoms with Gasteiger partial charge in [-0.1, -0.05) is 32.9 Å². The number of pyridine rings is 1. The summed E-state index contributed by atoms with van der Waals surface area (Å²) in [6.45, 7) is 7.17. The van der Waals surface area contributed by atoms with Crippen molar-refractivity contribution in [3.05, 3.63) is 77.5 Å². The zero-order valence-electron chi connectivity index (χ0n) is 20.2. The van der Waals surface area contributed by atoms with Crippen LogP contribution in [0.5, 0.6) is 0 Å². The second-order valence-electron chi connectivity index (χ2n) is 10.4. The number of nitrogens with one attached hydrogen (secondary N) is 4. The molecule has 1 aliphatic carbocycles. The molecule has 1 fully saturated rings. The second-order valence-corrected chi connectivity index (χ2v) is 10.4. The summed E-state index contributed by atoms with van der Waals surface area (Å²) in [6.07, 6.45) is 6.02. The maximum absolute atomic E-state index is 13.7. The number of anilines is 2. The van der Waals surface area contributed by atoms with Crippen molar-refractivity contribution in [1.82, 2.24) is 21.0 Å². The van der Waals surface area contributed by atoms with E-state index in [1.54, 1.807) is 18.3 Å². The number of halogens is 1. The smallest absolute Gasteiger partial charge is 0.123 e. The fourth-order valence-corrected chi connectivity index (χ4v) is 4.11. The molecule has 5 rings (SSSR count). The number of hydrogen-bond donors (Lipinski definition) is 4. The molecule has 1 aromatic heterocycles. The van der Waals surface area contributed by atoms with E-state index in [9.17, 15) is 9.65 Å². The highest BCUT2D eigenvalue weighted by Crippen LogP contribution is 2.34. The molecule has 180 valence electrons. The summed E-state index contributed by atoms with van der Waals surface area (Å²) in [5, 5.41) is 19.8. The third kappa shape index (κ3) is 5.15. The largest absolute Gasteiger partial charge is 0.383 e. The molecule has 2 aliphatic rings. The Morgan fingerprint density at radius 3 is 2.66 bits per heavy atom. The van der Waals surface area contributed by atoms with Crippen LogP contribution in [0.4, 0.5) is 15.8 Å². The molecule has 2 aromatic carbocycles. The highest BCUT2D eigenvalue weighted by Gasteiger charge is 2.32. The van der Waals surface area contributed by atoms with Gasteiger partial charge in [-0.15, -0.1) is 5.53 Å². The zero-order valence-corrected chi connectivity index (χ0v) is 20.2. The maximum atomic E-state index is 13.7. The summed E-state index contributed by atoms with van der Waals surface area (Å²) >= 11 is 0. The third-order valence-corrected chi connectivity index (χ3v) is 6.16. The van der Waals surface area contributed by atoms with Crippen molar-refractivity contribution in [3.63, 3.8) is 0 Å². The van der Waals surface area contributed by atoms with E-state index in [2.05, 4.69) is 64.6 Å². The molecule has 1 saturated carbocycles. The van der Waals surface area contributed by atoms with Crippen LogP contribution >= 0.6 is 0 Å². The molecule has 0 saturated heterocycles. The quantitative estimate of drug-likeness (QED) is 0.377. The van der Waals surface area contributed by atoms with Crippen LogP contribution < -0.4 is 21.6 Å². The van der Waals surface area contributed by atoms with E-state index in [1.165, 1.54) is 12.1 Å². The molecule has 0 amide bonds. The van der Waals surface area contributed by atoms with Crippen LogP contribution in [-0.2, 0) is 0 Å². The highest BCUT2D eigenvalue weighted by molar-refractivity contribution is 5.96. The molecule has 0 radical (unpaired) electrons. The monoisotopic (exact) mass is 471 g/mol. The minimum absolute atomic E-state index is 0.0485. The molecule has 0 spiro atoms. The average Bonchev–Trinajstić information content (AvgIpc) is 3.57. The van der Waals surface area contributed by atoms with E-state index >= 15 is 0 Å². The van der Waals surface area contributed by atoms with E-state index in [1.807, 2.05) is 18.2 Å². The lowest BCUT2D eigenvalue weighted by Crippen LogP contribution is -2.38. The Hall–Kier alpha value is -3.83. The first kappa shape index (κ1) is 22.9. The normalized spacial score (nSPS) is 16.4. The summed E-state index contributed by atoms with van der Waals surface area (Å²) in [4.78, 5) is 4.49. The lowest BCUT2D eigenvalue weighted by Gasteiger charge is -2.23. The predicted octanol–water partition coefficient (Wildman–Crippen LogP) is 5.19. The van der Waals surface area contributed by atoms with Crippen molar-refractivity contribution >= 4 is 22.3 Å². The Labute approximate surface area is 205 Å². The molecular weight excluding hydrogens is 441 g/mol. The molecule has 1 atom stereocenters. The molecule has 1 aliphatic heterocycles. The number of fused-ring (bicyclic) bond motifs is 1. The van der Waals surface area contributed by atoms with Crippen molar-refractivity contribution in [2.24, 2.45) is 5.41 Å². The maximum Gasteiger partial charge on any atom is 0.123 e. The molecule has 2 heterocycles. The van der Waals surface area contributed by atoms with Crippen molar-refractivity contribution in [1.29, 1.82) is 5.26 Å². The first-order valence-corrected chi connectivity index (χ1v) is 11.9. The molecule has 8 heteroatoms. The molecule has 0 bridgehead atoms. The van der Waals surface area contributed by atoms with Crippen molar-refractivity contribution in [3.8, 4) is 6.07 Å². The van der Waals surface area contributed by atoms with Gasteiger partial charge in [0.15, 0.2) is 0 Å². The number of rotatable bonds is 7. The molecule has 7 nitrogen and oxygen atoms in total. The van der Waals surface area contributed by atoms with Gasteiger partial charge in [0.2, 0.25) is 0 Å². The highest BCUT2D eigenvalue weighted by atomic mass is 19.1. The third-order valence-electron chi connectivity index (χ3n) is 6.16. The molecule has 4 N–H and O–H groups in total. The van der Waals surface area contributed by atoms with Gasteiger partial charge in [-0.25, -0.2) is 4.39 Å². The van der Waals surface area contributed by atoms with E-state index in [-0.39, 0.29) is 17.3 Å². The fraction of sp³-hybridized carbons (Fsp3) is 0.333. The van der Waals surface area contributed by atoms with Gasteiger partial charge in [-0.3, -0.25) is 9.99 Å². The number of nitriles is 1. The van der Waals surface area contributed by atoms with Crippen molar-refractivity contribution in [2.45, 2.75) is 45.7 Å². The Bertz CT molecular complexity index is 1300. The van der Waals surface area contributed by atoms with Gasteiger partial charge in [0.25, 0.3) is 0 Å². The van der Waals surface area contributed by atoms with Gasteiger partial charge in [0.05, 0.1) is 28.5 Å². The van der Waals surface area contributed by atoms with Crippen LogP contribution in [-0.4, -0.2) is 22.6 Å². The zero-order chi connectivity index (χ0) is 24.6. The average molecular weight is 472 g/mol. The van der Waals surface area contributed by atoms with Crippen LogP contribution in [0, 0.1) is 22.6 Å². The van der Waals surface area contributed by atoms with Crippen LogP contribution in [0.25, 0.3) is 10.9 Å². The number of hydrogen-bond acceptors (Lipinski definition) is 7. The van der Waals surface area contributed by atoms with Crippen LogP contribution in [0.1, 0.15) is 50.8 Å². The van der Waals surface area contributed by atoms with Crippen molar-refractivity contribution in [2.75, 3.05) is 17.2 Å². The van der Waals surface area contributed by atoms with Gasteiger partial charge in [-0.2, -0.15) is 5.26 Å². The van der Waals surface area contributed by atoms with E-state index < -0.39 is 0 Å². The fourth-order valence-electron chi connectivity index (χ4n) is 4.11. The summed E-state index contributed by atoms with van der Waals surface area (Å²) in [7, 11) is 0. The summed E-state index contributed by atoms with van der Waals surface area (Å²) in [6, 6.07) is 15.0. The van der Waals surface area contributed by atoms with Gasteiger partial charge in [0.1, 0.15) is 11.9 Å².